The van der Waals surface area contributed by atoms with Gasteiger partial charge in [0.25, 0.3) is 0 Å². The molecule has 8 heteroatoms. The van der Waals surface area contributed by atoms with Gasteiger partial charge >= 0.3 is 11.9 Å². The molecule has 0 heterocycles. The highest BCUT2D eigenvalue weighted by atomic mass is 16.6. The summed E-state index contributed by atoms with van der Waals surface area (Å²) in [5, 5.41) is 0. The Labute approximate surface area is 194 Å². The van der Waals surface area contributed by atoms with E-state index in [4.69, 9.17) is 28.4 Å². The quantitative estimate of drug-likeness (QED) is 0.385. The topological polar surface area (TPSA) is 89.5 Å². The van der Waals surface area contributed by atoms with E-state index in [0.29, 0.717) is 45.3 Å². The Morgan fingerprint density at radius 2 is 1.48 bits per heavy atom. The van der Waals surface area contributed by atoms with Gasteiger partial charge in [0.05, 0.1) is 35.0 Å². The van der Waals surface area contributed by atoms with Gasteiger partial charge in [-0.05, 0) is 25.5 Å². The second kappa shape index (κ2) is 11.8. The van der Waals surface area contributed by atoms with Crippen LogP contribution in [0.15, 0.2) is 30.3 Å². The van der Waals surface area contributed by atoms with Crippen LogP contribution in [0.3, 0.4) is 0 Å². The van der Waals surface area contributed by atoms with Gasteiger partial charge in [-0.15, -0.1) is 0 Å². The minimum absolute atomic E-state index is 0.267. The molecule has 0 aromatic heterocycles. The average molecular weight is 459 g/mol. The van der Waals surface area contributed by atoms with Crippen LogP contribution in [0.25, 0.3) is 6.08 Å². The molecule has 1 unspecified atom stereocenters. The highest BCUT2D eigenvalue weighted by molar-refractivity contribution is 5.87. The molecule has 1 atom stereocenters. The van der Waals surface area contributed by atoms with Gasteiger partial charge in [-0.3, -0.25) is 4.79 Å². The van der Waals surface area contributed by atoms with E-state index in [-0.39, 0.29) is 6.61 Å². The normalized spacial score (nSPS) is 11.6. The fourth-order valence-corrected chi connectivity index (χ4v) is 3.62. The molecule has 0 N–H and O–H groups in total. The number of benzene rings is 2. The van der Waals surface area contributed by atoms with Gasteiger partial charge in [-0.1, -0.05) is 24.3 Å². The van der Waals surface area contributed by atoms with Crippen molar-refractivity contribution in [3.05, 3.63) is 52.6 Å². The van der Waals surface area contributed by atoms with Crippen molar-refractivity contribution in [2.45, 2.75) is 26.9 Å². The maximum Gasteiger partial charge on any atom is 0.330 e. The van der Waals surface area contributed by atoms with Crippen LogP contribution < -0.4 is 18.9 Å². The number of esters is 2. The molecule has 33 heavy (non-hydrogen) atoms. The van der Waals surface area contributed by atoms with Crippen LogP contribution >= 0.6 is 0 Å². The number of hydrogen-bond acceptors (Lipinski definition) is 8. The molecule has 0 saturated carbocycles. The standard InChI is InChI=1S/C25H30O8/c1-8-32-19(27)14-13-17-11-9-10-12-18(17)22(33-16(3)26)20-15(2)21(28-4)24(30-6)25(31-7)23(20)29-5/h9-14,22H,8H2,1-7H3. The van der Waals surface area contributed by atoms with E-state index in [0.717, 1.165) is 0 Å². The smallest absolute Gasteiger partial charge is 0.330 e. The average Bonchev–Trinajstić information content (AvgIpc) is 2.80. The lowest BCUT2D eigenvalue weighted by atomic mass is 9.91. The van der Waals surface area contributed by atoms with Gasteiger partial charge in [-0.25, -0.2) is 4.79 Å². The van der Waals surface area contributed by atoms with E-state index in [1.807, 2.05) is 19.1 Å². The van der Waals surface area contributed by atoms with Crippen molar-refractivity contribution in [3.8, 4) is 23.0 Å². The summed E-state index contributed by atoms with van der Waals surface area (Å²) in [6.07, 6.45) is 2.05. The second-order valence-electron chi connectivity index (χ2n) is 6.88. The molecule has 178 valence electrons. The van der Waals surface area contributed by atoms with Gasteiger partial charge in [0.2, 0.25) is 11.5 Å². The maximum atomic E-state index is 12.2. The first kappa shape index (κ1) is 25.6. The summed E-state index contributed by atoms with van der Waals surface area (Å²) in [6.45, 7) is 5.13. The molecule has 0 amide bonds. The summed E-state index contributed by atoms with van der Waals surface area (Å²) in [4.78, 5) is 24.0. The molecule has 0 aliphatic rings. The Kier molecular flexibility index (Phi) is 9.15. The molecule has 0 aliphatic carbocycles. The molecule has 0 saturated heterocycles. The third-order valence-corrected chi connectivity index (χ3v) is 4.93. The first-order valence-electron chi connectivity index (χ1n) is 10.3. The van der Waals surface area contributed by atoms with Crippen LogP contribution in [0.1, 0.15) is 42.2 Å². The first-order chi connectivity index (χ1) is 15.8. The van der Waals surface area contributed by atoms with Crippen molar-refractivity contribution >= 4 is 18.0 Å². The van der Waals surface area contributed by atoms with Crippen LogP contribution in [0.5, 0.6) is 23.0 Å². The zero-order chi connectivity index (χ0) is 24.5. The number of ether oxygens (including phenoxy) is 6. The molecule has 8 nitrogen and oxygen atoms in total. The van der Waals surface area contributed by atoms with E-state index in [1.54, 1.807) is 25.1 Å². The monoisotopic (exact) mass is 458 g/mol. The van der Waals surface area contributed by atoms with Crippen LogP contribution in [-0.4, -0.2) is 47.0 Å². The van der Waals surface area contributed by atoms with Crippen molar-refractivity contribution in [3.63, 3.8) is 0 Å². The fourth-order valence-electron chi connectivity index (χ4n) is 3.62. The molecule has 0 bridgehead atoms. The third-order valence-electron chi connectivity index (χ3n) is 4.93. The second-order valence-corrected chi connectivity index (χ2v) is 6.88. The minimum atomic E-state index is -0.894. The summed E-state index contributed by atoms with van der Waals surface area (Å²) in [7, 11) is 5.98. The van der Waals surface area contributed by atoms with Gasteiger partial charge in [-0.2, -0.15) is 0 Å². The summed E-state index contributed by atoms with van der Waals surface area (Å²) < 4.78 is 33.2. The Bertz CT molecular complexity index is 1030. The number of carbonyl (C=O) groups excluding carboxylic acids is 2. The van der Waals surface area contributed by atoms with Gasteiger partial charge in [0.1, 0.15) is 0 Å². The Hall–Kier alpha value is -3.68. The summed E-state index contributed by atoms with van der Waals surface area (Å²) in [5.74, 6) is 0.437. The van der Waals surface area contributed by atoms with Crippen molar-refractivity contribution in [2.75, 3.05) is 35.0 Å². The highest BCUT2D eigenvalue weighted by Crippen LogP contribution is 2.52. The Morgan fingerprint density at radius 3 is 2.03 bits per heavy atom. The zero-order valence-corrected chi connectivity index (χ0v) is 20.0. The van der Waals surface area contributed by atoms with Crippen LogP contribution in [0, 0.1) is 6.92 Å². The number of methoxy groups -OCH3 is 4. The number of carbonyl (C=O) groups is 2. The Balaban J connectivity index is 2.84. The summed E-state index contributed by atoms with van der Waals surface area (Å²) in [5.41, 5.74) is 2.46. The lowest BCUT2D eigenvalue weighted by Gasteiger charge is -2.27. The van der Waals surface area contributed by atoms with Crippen molar-refractivity contribution in [1.82, 2.24) is 0 Å². The summed E-state index contributed by atoms with van der Waals surface area (Å²) in [6, 6.07) is 7.24. The van der Waals surface area contributed by atoms with E-state index >= 15 is 0 Å². The van der Waals surface area contributed by atoms with Crippen LogP contribution in [0.2, 0.25) is 0 Å². The molecular formula is C25H30O8. The lowest BCUT2D eigenvalue weighted by molar-refractivity contribution is -0.145. The van der Waals surface area contributed by atoms with Crippen LogP contribution in [-0.2, 0) is 19.1 Å². The van der Waals surface area contributed by atoms with Gasteiger partial charge in [0, 0.05) is 29.7 Å². The molecule has 2 rings (SSSR count). The van der Waals surface area contributed by atoms with E-state index in [1.165, 1.54) is 41.4 Å². The van der Waals surface area contributed by atoms with Crippen molar-refractivity contribution in [1.29, 1.82) is 0 Å². The largest absolute Gasteiger partial charge is 0.492 e. The fraction of sp³-hybridized carbons (Fsp3) is 0.360. The molecule has 2 aromatic rings. The predicted molar refractivity (Wildman–Crippen MR) is 123 cm³/mol. The predicted octanol–water partition coefficient (Wildman–Crippen LogP) is 4.26. The molecule has 0 spiro atoms. The molecule has 2 aromatic carbocycles. The molecule has 0 radical (unpaired) electrons. The first-order valence-corrected chi connectivity index (χ1v) is 10.3. The summed E-state index contributed by atoms with van der Waals surface area (Å²) >= 11 is 0. The Morgan fingerprint density at radius 1 is 0.909 bits per heavy atom. The highest BCUT2D eigenvalue weighted by Gasteiger charge is 2.33. The van der Waals surface area contributed by atoms with Gasteiger partial charge < -0.3 is 28.4 Å². The molecular weight excluding hydrogens is 428 g/mol. The minimum Gasteiger partial charge on any atom is -0.492 e. The van der Waals surface area contributed by atoms with Gasteiger partial charge in [0.15, 0.2) is 17.6 Å². The van der Waals surface area contributed by atoms with E-state index in [2.05, 4.69) is 0 Å². The molecule has 0 aliphatic heterocycles. The molecule has 0 fully saturated rings. The van der Waals surface area contributed by atoms with Crippen LogP contribution in [0.4, 0.5) is 0 Å². The van der Waals surface area contributed by atoms with Crippen molar-refractivity contribution < 1.29 is 38.0 Å². The van der Waals surface area contributed by atoms with E-state index in [9.17, 15) is 9.59 Å². The van der Waals surface area contributed by atoms with E-state index < -0.39 is 18.0 Å². The lowest BCUT2D eigenvalue weighted by Crippen LogP contribution is -2.15. The third kappa shape index (κ3) is 5.58. The number of hydrogen-bond donors (Lipinski definition) is 0. The zero-order valence-electron chi connectivity index (χ0n) is 20.0. The number of rotatable bonds is 10. The SMILES string of the molecule is CCOC(=O)C=Cc1ccccc1C(OC(C)=O)c1c(C)c(OC)c(OC)c(OC)c1OC. The van der Waals surface area contributed by atoms with Crippen molar-refractivity contribution in [2.24, 2.45) is 0 Å². The maximum absolute atomic E-state index is 12.2.